The van der Waals surface area contributed by atoms with E-state index in [1.54, 1.807) is 6.92 Å². The van der Waals surface area contributed by atoms with Crippen molar-refractivity contribution in [3.8, 4) is 5.75 Å². The molecule has 0 amide bonds. The molecule has 5 nitrogen and oxygen atoms in total. The molecule has 0 saturated heterocycles. The van der Waals surface area contributed by atoms with Gasteiger partial charge in [0.05, 0.1) is 18.5 Å². The fraction of sp³-hybridized carbons (Fsp3) is 0.200. The van der Waals surface area contributed by atoms with Gasteiger partial charge in [-0.05, 0) is 37.6 Å². The van der Waals surface area contributed by atoms with Crippen LogP contribution in [0.5, 0.6) is 5.75 Å². The monoisotopic (exact) mass is 409 g/mol. The molecule has 0 aliphatic heterocycles. The third-order valence-electron chi connectivity index (χ3n) is 4.48. The second kappa shape index (κ2) is 7.57. The van der Waals surface area contributed by atoms with E-state index >= 15 is 0 Å². The van der Waals surface area contributed by atoms with Gasteiger partial charge in [0.25, 0.3) is 5.91 Å². The van der Waals surface area contributed by atoms with E-state index in [0.29, 0.717) is 6.07 Å². The fourth-order valence-corrected chi connectivity index (χ4v) is 3.15. The molecule has 0 bridgehead atoms. The van der Waals surface area contributed by atoms with Gasteiger partial charge in [-0.25, -0.2) is 17.6 Å². The molecule has 0 saturated carbocycles. The zero-order chi connectivity index (χ0) is 21.5. The van der Waals surface area contributed by atoms with Crippen LogP contribution in [-0.2, 0) is 16.0 Å². The molecule has 0 atom stereocenters. The van der Waals surface area contributed by atoms with Gasteiger partial charge in [0.1, 0.15) is 0 Å². The Morgan fingerprint density at radius 1 is 1.07 bits per heavy atom. The average Bonchev–Trinajstić information content (AvgIpc) is 2.93. The number of halogens is 4. The fourth-order valence-electron chi connectivity index (χ4n) is 3.15. The van der Waals surface area contributed by atoms with Crippen molar-refractivity contribution >= 4 is 22.8 Å². The number of phenolic OH excluding ortho intramolecular Hbond substituents is 1. The summed E-state index contributed by atoms with van der Waals surface area (Å²) in [5.41, 5.74) is -0.487. The van der Waals surface area contributed by atoms with Crippen LogP contribution in [0, 0.1) is 30.2 Å². The highest BCUT2D eigenvalue weighted by atomic mass is 19.2. The molecule has 0 unspecified atom stereocenters. The predicted octanol–water partition coefficient (Wildman–Crippen LogP) is 4.01. The van der Waals surface area contributed by atoms with Crippen LogP contribution in [-0.4, -0.2) is 28.2 Å². The Morgan fingerprint density at radius 2 is 1.76 bits per heavy atom. The molecule has 0 fully saturated rings. The number of fused-ring (bicyclic) bond motifs is 1. The van der Waals surface area contributed by atoms with E-state index in [0.717, 1.165) is 22.8 Å². The Labute approximate surface area is 162 Å². The van der Waals surface area contributed by atoms with Crippen LogP contribution in [0.15, 0.2) is 24.3 Å². The van der Waals surface area contributed by atoms with Gasteiger partial charge in [-0.3, -0.25) is 14.2 Å². The molecule has 3 aromatic rings. The van der Waals surface area contributed by atoms with Gasteiger partial charge in [0, 0.05) is 22.7 Å². The van der Waals surface area contributed by atoms with Gasteiger partial charge in [-0.15, -0.1) is 0 Å². The number of aromatic nitrogens is 1. The highest BCUT2D eigenvalue weighted by Crippen LogP contribution is 2.35. The first-order valence-electron chi connectivity index (χ1n) is 8.53. The first kappa shape index (κ1) is 20.4. The minimum absolute atomic E-state index is 0.00202. The quantitative estimate of drug-likeness (QED) is 0.522. The summed E-state index contributed by atoms with van der Waals surface area (Å²) < 4.78 is 61.1. The molecule has 0 radical (unpaired) electrons. The molecule has 0 spiro atoms. The third-order valence-corrected chi connectivity index (χ3v) is 4.48. The molecule has 1 heterocycles. The minimum Gasteiger partial charge on any atom is -0.503 e. The lowest BCUT2D eigenvalue weighted by atomic mass is 10.1. The summed E-state index contributed by atoms with van der Waals surface area (Å²) >= 11 is 0. The molecule has 0 aliphatic carbocycles. The minimum atomic E-state index is -1.35. The number of phenols is 1. The molecule has 152 valence electrons. The van der Waals surface area contributed by atoms with E-state index in [1.165, 1.54) is 6.92 Å². The van der Waals surface area contributed by atoms with Crippen LogP contribution in [0.4, 0.5) is 17.6 Å². The number of hydrogen-bond acceptors (Lipinski definition) is 4. The topological polar surface area (TPSA) is 68.5 Å². The normalized spacial score (nSPS) is 11.1. The largest absolute Gasteiger partial charge is 0.503 e. The van der Waals surface area contributed by atoms with Crippen molar-refractivity contribution in [1.29, 1.82) is 0 Å². The highest BCUT2D eigenvalue weighted by molar-refractivity contribution is 6.05. The van der Waals surface area contributed by atoms with E-state index in [1.807, 2.05) is 0 Å². The first-order valence-corrected chi connectivity index (χ1v) is 8.53. The van der Waals surface area contributed by atoms with Crippen molar-refractivity contribution < 1.29 is 37.0 Å². The Balaban J connectivity index is 2.29. The molecule has 9 heteroatoms. The Morgan fingerprint density at radius 3 is 2.38 bits per heavy atom. The van der Waals surface area contributed by atoms with Crippen LogP contribution >= 0.6 is 0 Å². The van der Waals surface area contributed by atoms with Crippen LogP contribution in [0.25, 0.3) is 10.9 Å². The summed E-state index contributed by atoms with van der Waals surface area (Å²) in [6.45, 7) is 3.01. The summed E-state index contributed by atoms with van der Waals surface area (Å²) in [5, 5.41) is 9.30. The second-order valence-electron chi connectivity index (χ2n) is 6.23. The van der Waals surface area contributed by atoms with E-state index in [-0.39, 0.29) is 34.3 Å². The van der Waals surface area contributed by atoms with Crippen molar-refractivity contribution in [1.82, 2.24) is 4.57 Å². The molecule has 1 aromatic heterocycles. The zero-order valence-electron chi connectivity index (χ0n) is 15.4. The van der Waals surface area contributed by atoms with Gasteiger partial charge in [-0.1, -0.05) is 0 Å². The molecular weight excluding hydrogens is 394 g/mol. The highest BCUT2D eigenvalue weighted by Gasteiger charge is 2.27. The summed E-state index contributed by atoms with van der Waals surface area (Å²) in [6.07, 6.45) is -0.448. The van der Waals surface area contributed by atoms with E-state index in [2.05, 4.69) is 0 Å². The van der Waals surface area contributed by atoms with Crippen LogP contribution in [0.3, 0.4) is 0 Å². The SMILES string of the molecule is CCOC(=O)Cc1c(C)n(C(=O)c2ccc(F)c(F)c2)c2cc(F)c(O)c(F)c12. The lowest BCUT2D eigenvalue weighted by Crippen LogP contribution is -2.15. The summed E-state index contributed by atoms with van der Waals surface area (Å²) in [6, 6.07) is 3.15. The molecule has 3 rings (SSSR count). The number of benzene rings is 2. The number of carbonyl (C=O) groups excluding carboxylic acids is 2. The average molecular weight is 409 g/mol. The van der Waals surface area contributed by atoms with E-state index in [4.69, 9.17) is 4.74 Å². The molecule has 0 aliphatic rings. The second-order valence-corrected chi connectivity index (χ2v) is 6.23. The maximum Gasteiger partial charge on any atom is 0.310 e. The standard InChI is InChI=1S/C20H15F4NO4/c1-3-29-16(26)7-11-9(2)25(15-8-14(23)19(27)18(24)17(11)15)20(28)10-4-5-12(21)13(22)6-10/h4-6,8,27H,3,7H2,1-2H3. The lowest BCUT2D eigenvalue weighted by Gasteiger charge is -2.08. The van der Waals surface area contributed by atoms with Gasteiger partial charge in [0.15, 0.2) is 29.0 Å². The molecular formula is C20H15F4NO4. The molecule has 1 N–H and O–H groups in total. The summed E-state index contributed by atoms with van der Waals surface area (Å²) in [4.78, 5) is 24.9. The van der Waals surface area contributed by atoms with Gasteiger partial charge in [-0.2, -0.15) is 0 Å². The van der Waals surface area contributed by atoms with Gasteiger partial charge in [0.2, 0.25) is 0 Å². The van der Waals surface area contributed by atoms with E-state index in [9.17, 15) is 32.3 Å². The maximum absolute atomic E-state index is 14.7. The lowest BCUT2D eigenvalue weighted by molar-refractivity contribution is -0.142. The number of hydrogen-bond donors (Lipinski definition) is 1. The number of carbonyl (C=O) groups is 2. The van der Waals surface area contributed by atoms with Crippen molar-refractivity contribution in [2.45, 2.75) is 20.3 Å². The maximum atomic E-state index is 14.7. The smallest absolute Gasteiger partial charge is 0.310 e. The van der Waals surface area contributed by atoms with Gasteiger partial charge >= 0.3 is 5.97 Å². The number of esters is 1. The van der Waals surface area contributed by atoms with Crippen molar-refractivity contribution in [2.75, 3.05) is 6.61 Å². The first-order chi connectivity index (χ1) is 13.7. The Kier molecular flexibility index (Phi) is 5.32. The Hall–Kier alpha value is -3.36. The number of nitrogens with zero attached hydrogens (tertiary/aromatic N) is 1. The molecule has 29 heavy (non-hydrogen) atoms. The van der Waals surface area contributed by atoms with Crippen LogP contribution in [0.1, 0.15) is 28.5 Å². The van der Waals surface area contributed by atoms with Crippen molar-refractivity contribution in [3.05, 3.63) is 64.4 Å². The van der Waals surface area contributed by atoms with Crippen molar-refractivity contribution in [2.24, 2.45) is 0 Å². The summed E-state index contributed by atoms with van der Waals surface area (Å²) in [7, 11) is 0. The Bertz CT molecular complexity index is 1150. The summed E-state index contributed by atoms with van der Waals surface area (Å²) in [5.74, 6) is -8.00. The van der Waals surface area contributed by atoms with Crippen LogP contribution < -0.4 is 0 Å². The van der Waals surface area contributed by atoms with Crippen molar-refractivity contribution in [3.63, 3.8) is 0 Å². The van der Waals surface area contributed by atoms with Gasteiger partial charge < -0.3 is 9.84 Å². The van der Waals surface area contributed by atoms with Crippen LogP contribution in [0.2, 0.25) is 0 Å². The zero-order valence-corrected chi connectivity index (χ0v) is 15.4. The third kappa shape index (κ3) is 3.43. The predicted molar refractivity (Wildman–Crippen MR) is 94.7 cm³/mol. The number of aromatic hydroxyl groups is 1. The van der Waals surface area contributed by atoms with E-state index < -0.39 is 47.3 Å². The number of rotatable bonds is 4. The number of ether oxygens (including phenoxy) is 1. The molecule has 2 aromatic carbocycles.